The van der Waals surface area contributed by atoms with E-state index in [1.165, 1.54) is 12.1 Å². The highest BCUT2D eigenvalue weighted by molar-refractivity contribution is 5.91. The van der Waals surface area contributed by atoms with Gasteiger partial charge in [0.15, 0.2) is 23.7 Å². The number of unbranched alkanes of at least 4 members (excludes halogenated alkanes) is 2. The smallest absolute Gasteiger partial charge is 0.429 e. The molecule has 1 fully saturated rings. The second-order valence-electron chi connectivity index (χ2n) is 11.3. The fourth-order valence-corrected chi connectivity index (χ4v) is 5.19. The SMILES string of the molecule is CCCCCC1COC(c2ccc(-c3cc(F)c(C(F)(F)Oc4cc(F)c(C(=O)Oc5cc(F)c(F)c(F)c5)c(F)c4)c(F)c3)cc2)OC1. The van der Waals surface area contributed by atoms with Gasteiger partial charge in [-0.3, -0.25) is 0 Å². The Balaban J connectivity index is 1.28. The second-order valence-corrected chi connectivity index (χ2v) is 11.3. The van der Waals surface area contributed by atoms with Gasteiger partial charge < -0.3 is 18.9 Å². The van der Waals surface area contributed by atoms with Crippen LogP contribution < -0.4 is 9.47 Å². The zero-order valence-corrected chi connectivity index (χ0v) is 25.6. The summed E-state index contributed by atoms with van der Waals surface area (Å²) >= 11 is 0. The molecule has 1 aliphatic rings. The molecule has 0 saturated carbocycles. The van der Waals surface area contributed by atoms with Crippen molar-refractivity contribution in [2.75, 3.05) is 13.2 Å². The van der Waals surface area contributed by atoms with Crippen molar-refractivity contribution in [1.82, 2.24) is 0 Å². The third kappa shape index (κ3) is 8.19. The summed E-state index contributed by atoms with van der Waals surface area (Å²) in [6, 6.07) is 8.10. The number of hydrogen-bond donors (Lipinski definition) is 0. The van der Waals surface area contributed by atoms with E-state index >= 15 is 17.6 Å². The normalized spacial score (nSPS) is 16.4. The van der Waals surface area contributed by atoms with Crippen LogP contribution in [0.15, 0.2) is 60.7 Å². The summed E-state index contributed by atoms with van der Waals surface area (Å²) in [6.07, 6.45) is -1.15. The molecule has 0 amide bonds. The number of rotatable bonds is 11. The zero-order valence-electron chi connectivity index (χ0n) is 25.6. The molecule has 4 aromatic carbocycles. The minimum atomic E-state index is -4.81. The van der Waals surface area contributed by atoms with Gasteiger partial charge in [0.2, 0.25) is 0 Å². The van der Waals surface area contributed by atoms with Crippen molar-refractivity contribution in [2.45, 2.75) is 45.0 Å². The van der Waals surface area contributed by atoms with E-state index in [1.54, 1.807) is 12.1 Å². The summed E-state index contributed by atoms with van der Waals surface area (Å²) in [4.78, 5) is 12.2. The molecule has 5 rings (SSSR count). The second kappa shape index (κ2) is 14.9. The molecule has 0 radical (unpaired) electrons. The van der Waals surface area contributed by atoms with E-state index in [9.17, 15) is 26.7 Å². The highest BCUT2D eigenvalue weighted by Crippen LogP contribution is 2.38. The van der Waals surface area contributed by atoms with Gasteiger partial charge in [0.05, 0.1) is 13.2 Å². The van der Waals surface area contributed by atoms with Crippen LogP contribution in [-0.2, 0) is 15.6 Å². The van der Waals surface area contributed by atoms with Crippen LogP contribution in [0.25, 0.3) is 11.1 Å². The van der Waals surface area contributed by atoms with Gasteiger partial charge in [0, 0.05) is 35.7 Å². The first kappa shape index (κ1) is 35.7. The Morgan fingerprint density at radius 1 is 0.735 bits per heavy atom. The third-order valence-electron chi connectivity index (χ3n) is 7.67. The largest absolute Gasteiger partial charge is 0.432 e. The lowest BCUT2D eigenvalue weighted by Crippen LogP contribution is -2.27. The first-order valence-corrected chi connectivity index (χ1v) is 15.0. The first-order chi connectivity index (χ1) is 23.3. The molecule has 1 heterocycles. The lowest BCUT2D eigenvalue weighted by Gasteiger charge is -2.29. The van der Waals surface area contributed by atoms with Gasteiger partial charge in [-0.1, -0.05) is 50.5 Å². The Morgan fingerprint density at radius 2 is 1.29 bits per heavy atom. The van der Waals surface area contributed by atoms with Crippen LogP contribution in [0.3, 0.4) is 0 Å². The highest BCUT2D eigenvalue weighted by Gasteiger charge is 2.42. The van der Waals surface area contributed by atoms with Gasteiger partial charge >= 0.3 is 12.1 Å². The molecule has 0 spiro atoms. The minimum Gasteiger partial charge on any atom is -0.429 e. The Bertz CT molecular complexity index is 1750. The number of alkyl halides is 2. The van der Waals surface area contributed by atoms with Crippen LogP contribution in [0.2, 0.25) is 0 Å². The summed E-state index contributed by atoms with van der Waals surface area (Å²) < 4.78 is 150. The summed E-state index contributed by atoms with van der Waals surface area (Å²) in [5, 5.41) is 0. The summed E-state index contributed by atoms with van der Waals surface area (Å²) in [7, 11) is 0. The van der Waals surface area contributed by atoms with Crippen LogP contribution >= 0.6 is 0 Å². The third-order valence-corrected chi connectivity index (χ3v) is 7.67. The molecule has 0 N–H and O–H groups in total. The van der Waals surface area contributed by atoms with Crippen molar-refractivity contribution < 1.29 is 63.3 Å². The van der Waals surface area contributed by atoms with Crippen molar-refractivity contribution >= 4 is 5.97 Å². The van der Waals surface area contributed by atoms with Crippen LogP contribution in [0, 0.1) is 46.6 Å². The highest BCUT2D eigenvalue weighted by atomic mass is 19.3. The molecular weight excluding hydrogens is 671 g/mol. The van der Waals surface area contributed by atoms with Crippen molar-refractivity contribution in [3.63, 3.8) is 0 Å². The summed E-state index contributed by atoms with van der Waals surface area (Å²) in [5.74, 6) is -16.4. The molecule has 1 aliphatic heterocycles. The minimum absolute atomic E-state index is 0.0947. The van der Waals surface area contributed by atoms with Crippen molar-refractivity contribution in [3.8, 4) is 22.6 Å². The van der Waals surface area contributed by atoms with Gasteiger partial charge in [0.25, 0.3) is 0 Å². The van der Waals surface area contributed by atoms with Crippen molar-refractivity contribution in [1.29, 1.82) is 0 Å². The van der Waals surface area contributed by atoms with E-state index < -0.39 is 81.7 Å². The Hall–Kier alpha value is -4.56. The van der Waals surface area contributed by atoms with Gasteiger partial charge in [-0.2, -0.15) is 8.78 Å². The fraction of sp³-hybridized carbons (Fsp3) is 0.286. The van der Waals surface area contributed by atoms with E-state index in [0.29, 0.717) is 30.9 Å². The average molecular weight is 699 g/mol. The van der Waals surface area contributed by atoms with E-state index in [-0.39, 0.29) is 41.3 Å². The van der Waals surface area contributed by atoms with Gasteiger partial charge in [-0.15, -0.1) is 0 Å². The maximum atomic E-state index is 15.0. The van der Waals surface area contributed by atoms with E-state index in [4.69, 9.17) is 9.47 Å². The fourth-order valence-electron chi connectivity index (χ4n) is 5.19. The summed E-state index contributed by atoms with van der Waals surface area (Å²) in [6.45, 7) is 3.15. The van der Waals surface area contributed by atoms with Crippen LogP contribution in [0.5, 0.6) is 11.5 Å². The molecule has 260 valence electrons. The predicted molar refractivity (Wildman–Crippen MR) is 156 cm³/mol. The van der Waals surface area contributed by atoms with E-state index in [1.807, 2.05) is 0 Å². The molecule has 0 unspecified atom stereocenters. The number of benzene rings is 4. The molecule has 1 saturated heterocycles. The monoisotopic (exact) mass is 698 g/mol. The standard InChI is InChI=1S/C35H27F9O5/c1-2-3-4-5-18-16-46-34(47-17-18)20-8-6-19(7-9-20)21-10-26(38)31(27(39)11-21)35(43,44)49-23-14-24(36)30(25(37)15-23)33(45)48-22-12-28(40)32(42)29(41)13-22/h6-15,18,34H,2-5,16-17H2,1H3. The van der Waals surface area contributed by atoms with Gasteiger partial charge in [-0.05, 0) is 29.7 Å². The number of carbonyl (C=O) groups is 1. The molecule has 0 atom stereocenters. The topological polar surface area (TPSA) is 54.0 Å². The molecular formula is C35H27F9O5. The maximum Gasteiger partial charge on any atom is 0.432 e. The molecule has 0 bridgehead atoms. The quantitative estimate of drug-likeness (QED) is 0.0513. The number of esters is 1. The number of hydrogen-bond acceptors (Lipinski definition) is 5. The zero-order chi connectivity index (χ0) is 35.5. The first-order valence-electron chi connectivity index (χ1n) is 15.0. The number of ether oxygens (including phenoxy) is 4. The Kier molecular flexibility index (Phi) is 10.9. The molecule has 49 heavy (non-hydrogen) atoms. The van der Waals surface area contributed by atoms with Crippen molar-refractivity contribution in [2.24, 2.45) is 5.92 Å². The molecule has 4 aromatic rings. The molecule has 0 aliphatic carbocycles. The van der Waals surface area contributed by atoms with Gasteiger partial charge in [0.1, 0.15) is 45.9 Å². The maximum absolute atomic E-state index is 15.0. The van der Waals surface area contributed by atoms with E-state index in [0.717, 1.165) is 25.7 Å². The predicted octanol–water partition coefficient (Wildman–Crippen LogP) is 9.92. The lowest BCUT2D eigenvalue weighted by atomic mass is 10.00. The molecule has 5 nitrogen and oxygen atoms in total. The molecule has 0 aromatic heterocycles. The lowest BCUT2D eigenvalue weighted by molar-refractivity contribution is -0.206. The Morgan fingerprint density at radius 3 is 1.84 bits per heavy atom. The van der Waals surface area contributed by atoms with Crippen LogP contribution in [0.1, 0.15) is 60.4 Å². The van der Waals surface area contributed by atoms with Crippen LogP contribution in [-0.4, -0.2) is 19.2 Å². The van der Waals surface area contributed by atoms with E-state index in [2.05, 4.69) is 16.4 Å². The average Bonchev–Trinajstić information content (AvgIpc) is 3.03. The van der Waals surface area contributed by atoms with Crippen molar-refractivity contribution in [3.05, 3.63) is 118 Å². The van der Waals surface area contributed by atoms with Crippen LogP contribution in [0.4, 0.5) is 39.5 Å². The summed E-state index contributed by atoms with van der Waals surface area (Å²) in [5.41, 5.74) is -2.56. The number of halogens is 9. The molecule has 14 heteroatoms. The van der Waals surface area contributed by atoms with Gasteiger partial charge in [-0.25, -0.2) is 35.5 Å². The Labute approximate surface area is 274 Å². The number of carbonyl (C=O) groups excluding carboxylic acids is 1.